The molecule has 2 atom stereocenters. The molecule has 4 heteroatoms. The van der Waals surface area contributed by atoms with Gasteiger partial charge in [-0.05, 0) is 66.5 Å². The Kier molecular flexibility index (Phi) is 3.51. The van der Waals surface area contributed by atoms with E-state index in [1.807, 2.05) is 24.3 Å². The van der Waals surface area contributed by atoms with Crippen LogP contribution in [-0.4, -0.2) is 10.2 Å². The van der Waals surface area contributed by atoms with Crippen molar-refractivity contribution in [2.24, 2.45) is 11.8 Å². The minimum absolute atomic E-state index is 0.109. The van der Waals surface area contributed by atoms with Crippen molar-refractivity contribution >= 4 is 23.2 Å². The second-order valence-corrected chi connectivity index (χ2v) is 7.70. The summed E-state index contributed by atoms with van der Waals surface area (Å²) < 4.78 is 0. The highest BCUT2D eigenvalue weighted by molar-refractivity contribution is 6.32. The Hall–Kier alpha value is -1.38. The van der Waals surface area contributed by atoms with E-state index >= 15 is 0 Å². The molecule has 0 heterocycles. The Morgan fingerprint density at radius 2 is 1.43 bits per heavy atom. The summed E-state index contributed by atoms with van der Waals surface area (Å²) in [6.45, 7) is 0. The maximum absolute atomic E-state index is 9.77. The van der Waals surface area contributed by atoms with Gasteiger partial charge in [0.25, 0.3) is 0 Å². The lowest BCUT2D eigenvalue weighted by atomic mass is 9.64. The first-order valence-corrected chi connectivity index (χ1v) is 8.74. The summed E-state index contributed by atoms with van der Waals surface area (Å²) in [7, 11) is 0. The molecule has 2 bridgehead atoms. The van der Waals surface area contributed by atoms with Crippen molar-refractivity contribution in [3.63, 3.8) is 0 Å². The normalized spacial score (nSPS) is 25.0. The number of benzene rings is 2. The maximum atomic E-state index is 9.77. The Morgan fingerprint density at radius 1 is 0.870 bits per heavy atom. The molecule has 2 aromatic carbocycles. The molecule has 2 aliphatic rings. The van der Waals surface area contributed by atoms with Crippen LogP contribution in [0.4, 0.5) is 0 Å². The molecule has 120 valence electrons. The van der Waals surface area contributed by atoms with Crippen molar-refractivity contribution in [3.05, 3.63) is 57.6 Å². The number of hydrogen-bond donors (Lipinski definition) is 2. The SMILES string of the molecule is Oc1ccc(C2(c3ccc(O)c(Cl)c3)C[C@@H]3CC[C@H]2C3)cc1Cl. The van der Waals surface area contributed by atoms with Crippen LogP contribution in [-0.2, 0) is 5.41 Å². The number of rotatable bonds is 2. The molecule has 23 heavy (non-hydrogen) atoms. The van der Waals surface area contributed by atoms with Gasteiger partial charge in [-0.3, -0.25) is 0 Å². The summed E-state index contributed by atoms with van der Waals surface area (Å²) in [5.74, 6) is 1.49. The zero-order valence-corrected chi connectivity index (χ0v) is 14.1. The van der Waals surface area contributed by atoms with Gasteiger partial charge in [-0.25, -0.2) is 0 Å². The van der Waals surface area contributed by atoms with Crippen LogP contribution >= 0.6 is 23.2 Å². The highest BCUT2D eigenvalue weighted by Crippen LogP contribution is 2.60. The quantitative estimate of drug-likeness (QED) is 0.750. The summed E-state index contributed by atoms with van der Waals surface area (Å²) in [6, 6.07) is 11.1. The van der Waals surface area contributed by atoms with Crippen LogP contribution in [0.15, 0.2) is 36.4 Å². The van der Waals surface area contributed by atoms with Crippen LogP contribution in [0.2, 0.25) is 10.0 Å². The molecule has 0 amide bonds. The van der Waals surface area contributed by atoms with Gasteiger partial charge in [0.1, 0.15) is 11.5 Å². The summed E-state index contributed by atoms with van der Waals surface area (Å²) in [6.07, 6.45) is 4.77. The third-order valence-corrected chi connectivity index (χ3v) is 6.38. The molecule has 2 saturated carbocycles. The van der Waals surface area contributed by atoms with Gasteiger partial charge in [-0.1, -0.05) is 41.8 Å². The Morgan fingerprint density at radius 3 is 1.83 bits per heavy atom. The summed E-state index contributed by atoms with van der Waals surface area (Å²) >= 11 is 12.4. The molecule has 4 rings (SSSR count). The van der Waals surface area contributed by atoms with Gasteiger partial charge in [0.05, 0.1) is 10.0 Å². The molecule has 0 saturated heterocycles. The van der Waals surface area contributed by atoms with Crippen molar-refractivity contribution < 1.29 is 10.2 Å². The third-order valence-electron chi connectivity index (χ3n) is 5.77. The number of fused-ring (bicyclic) bond motifs is 2. The molecule has 0 radical (unpaired) electrons. The molecular weight excluding hydrogens is 331 g/mol. The smallest absolute Gasteiger partial charge is 0.134 e. The van der Waals surface area contributed by atoms with Crippen LogP contribution in [0, 0.1) is 11.8 Å². The van der Waals surface area contributed by atoms with Crippen molar-refractivity contribution in [2.75, 3.05) is 0 Å². The van der Waals surface area contributed by atoms with E-state index in [4.69, 9.17) is 23.2 Å². The fourth-order valence-corrected chi connectivity index (χ4v) is 5.13. The predicted molar refractivity (Wildman–Crippen MR) is 92.5 cm³/mol. The van der Waals surface area contributed by atoms with E-state index < -0.39 is 0 Å². The van der Waals surface area contributed by atoms with E-state index in [1.165, 1.54) is 19.3 Å². The van der Waals surface area contributed by atoms with Crippen LogP contribution in [0.3, 0.4) is 0 Å². The molecule has 2 nitrogen and oxygen atoms in total. The first kappa shape index (κ1) is 15.2. The van der Waals surface area contributed by atoms with Gasteiger partial charge in [0, 0.05) is 5.41 Å². The molecule has 0 unspecified atom stereocenters. The molecular formula is C19H18Cl2O2. The number of aromatic hydroxyl groups is 2. The molecule has 2 aliphatic carbocycles. The summed E-state index contributed by atoms with van der Waals surface area (Å²) in [5.41, 5.74) is 2.14. The first-order valence-electron chi connectivity index (χ1n) is 7.98. The highest BCUT2D eigenvalue weighted by Gasteiger charge is 2.52. The average Bonchev–Trinajstić information content (AvgIpc) is 3.14. The fourth-order valence-electron chi connectivity index (χ4n) is 4.77. The van der Waals surface area contributed by atoms with Crippen molar-refractivity contribution in [1.29, 1.82) is 0 Å². The van der Waals surface area contributed by atoms with Crippen LogP contribution < -0.4 is 0 Å². The molecule has 2 N–H and O–H groups in total. The zero-order chi connectivity index (χ0) is 16.2. The summed E-state index contributed by atoms with van der Waals surface area (Å²) in [5, 5.41) is 20.3. The lowest BCUT2D eigenvalue weighted by Crippen LogP contribution is -2.34. The lowest BCUT2D eigenvalue weighted by Gasteiger charge is -2.39. The highest BCUT2D eigenvalue weighted by atomic mass is 35.5. The largest absolute Gasteiger partial charge is 0.506 e. The fraction of sp³-hybridized carbons (Fsp3) is 0.368. The lowest BCUT2D eigenvalue weighted by molar-refractivity contribution is 0.319. The number of halogens is 2. The monoisotopic (exact) mass is 348 g/mol. The second kappa shape index (κ2) is 5.32. The topological polar surface area (TPSA) is 40.5 Å². The maximum Gasteiger partial charge on any atom is 0.134 e. The van der Waals surface area contributed by atoms with E-state index in [9.17, 15) is 10.2 Å². The van der Waals surface area contributed by atoms with Crippen LogP contribution in [0.5, 0.6) is 11.5 Å². The third kappa shape index (κ3) is 2.23. The molecule has 0 aromatic heterocycles. The Labute approximate surface area is 145 Å². The predicted octanol–water partition coefficient (Wildman–Crippen LogP) is 5.51. The molecule has 2 aromatic rings. The van der Waals surface area contributed by atoms with E-state index in [0.717, 1.165) is 23.5 Å². The van der Waals surface area contributed by atoms with Gasteiger partial charge in [0.2, 0.25) is 0 Å². The van der Waals surface area contributed by atoms with Crippen molar-refractivity contribution in [3.8, 4) is 11.5 Å². The van der Waals surface area contributed by atoms with Crippen LogP contribution in [0.1, 0.15) is 36.8 Å². The Balaban J connectivity index is 1.91. The van der Waals surface area contributed by atoms with Gasteiger partial charge >= 0.3 is 0 Å². The van der Waals surface area contributed by atoms with Gasteiger partial charge in [-0.15, -0.1) is 0 Å². The van der Waals surface area contributed by atoms with Gasteiger partial charge in [-0.2, -0.15) is 0 Å². The molecule has 0 spiro atoms. The van der Waals surface area contributed by atoms with Crippen molar-refractivity contribution in [2.45, 2.75) is 31.1 Å². The number of phenolic OH excluding ortho intramolecular Hbond substituents is 2. The minimum atomic E-state index is -0.127. The van der Waals surface area contributed by atoms with E-state index in [1.54, 1.807) is 12.1 Å². The van der Waals surface area contributed by atoms with E-state index in [-0.39, 0.29) is 16.9 Å². The number of hydrogen-bond acceptors (Lipinski definition) is 2. The summed E-state index contributed by atoms with van der Waals surface area (Å²) in [4.78, 5) is 0. The standard InChI is InChI=1S/C19H18Cl2O2/c20-15-8-13(3-5-17(15)22)19(10-11-1-2-12(19)7-11)14-4-6-18(23)16(21)9-14/h3-6,8-9,11-12,22-23H,1-2,7,10H2/t11-,12+/m1/s1. The first-order chi connectivity index (χ1) is 11.0. The van der Waals surface area contributed by atoms with Gasteiger partial charge < -0.3 is 10.2 Å². The second-order valence-electron chi connectivity index (χ2n) is 6.88. The van der Waals surface area contributed by atoms with Crippen LogP contribution in [0.25, 0.3) is 0 Å². The zero-order valence-electron chi connectivity index (χ0n) is 12.6. The van der Waals surface area contributed by atoms with E-state index in [0.29, 0.717) is 16.0 Å². The molecule has 2 fully saturated rings. The van der Waals surface area contributed by atoms with Crippen molar-refractivity contribution in [1.82, 2.24) is 0 Å². The van der Waals surface area contributed by atoms with Gasteiger partial charge in [0.15, 0.2) is 0 Å². The van der Waals surface area contributed by atoms with E-state index in [2.05, 4.69) is 0 Å². The molecule has 0 aliphatic heterocycles. The minimum Gasteiger partial charge on any atom is -0.506 e. The Bertz CT molecular complexity index is 720. The average molecular weight is 349 g/mol. The number of phenols is 2.